The van der Waals surface area contributed by atoms with Crippen LogP contribution in [0.15, 0.2) is 4.42 Å². The van der Waals surface area contributed by atoms with Crippen molar-refractivity contribution in [3.8, 4) is 0 Å². The van der Waals surface area contributed by atoms with E-state index in [0.717, 1.165) is 25.8 Å². The molecule has 1 aliphatic rings. The highest BCUT2D eigenvalue weighted by molar-refractivity contribution is 5.88. The number of carbonyl (C=O) groups is 1. The molecule has 1 aliphatic heterocycles. The summed E-state index contributed by atoms with van der Waals surface area (Å²) in [6.45, 7) is 5.72. The number of carbonyl (C=O) groups excluding carboxylic acids is 1. The normalized spacial score (nSPS) is 21.5. The molecular formula is C16H27N3O4. The summed E-state index contributed by atoms with van der Waals surface area (Å²) in [6, 6.07) is 0.452. The van der Waals surface area contributed by atoms with Crippen molar-refractivity contribution in [2.75, 3.05) is 31.7 Å². The van der Waals surface area contributed by atoms with Crippen LogP contribution in [-0.4, -0.2) is 49.9 Å². The zero-order valence-electron chi connectivity index (χ0n) is 14.2. The number of hydrogen-bond acceptors (Lipinski definition) is 7. The van der Waals surface area contributed by atoms with E-state index in [2.05, 4.69) is 4.98 Å². The fourth-order valence-electron chi connectivity index (χ4n) is 2.61. The van der Waals surface area contributed by atoms with Crippen LogP contribution in [0.25, 0.3) is 0 Å². The van der Waals surface area contributed by atoms with Crippen LogP contribution in [0, 0.1) is 0 Å². The van der Waals surface area contributed by atoms with Gasteiger partial charge in [-0.25, -0.2) is 4.79 Å². The number of nitrogens with zero attached hydrogens (tertiary/aromatic N) is 2. The van der Waals surface area contributed by atoms with Gasteiger partial charge in [-0.2, -0.15) is 4.98 Å². The number of nitrogens with two attached hydrogens (primary N) is 1. The quantitative estimate of drug-likeness (QED) is 0.603. The first-order valence-electron chi connectivity index (χ1n) is 8.30. The second kappa shape index (κ2) is 8.31. The summed E-state index contributed by atoms with van der Waals surface area (Å²) < 4.78 is 16.4. The van der Waals surface area contributed by atoms with Crippen LogP contribution in [0.1, 0.15) is 49.4 Å². The van der Waals surface area contributed by atoms with Crippen molar-refractivity contribution in [1.29, 1.82) is 0 Å². The molecule has 7 heteroatoms. The lowest BCUT2D eigenvalue weighted by molar-refractivity contribution is 0.0491. The van der Waals surface area contributed by atoms with Gasteiger partial charge in [-0.15, -0.1) is 0 Å². The number of unbranched alkanes of at least 4 members (excludes halogenated alkanes) is 1. The highest BCUT2D eigenvalue weighted by Gasteiger charge is 2.30. The van der Waals surface area contributed by atoms with Crippen LogP contribution in [0.5, 0.6) is 0 Å². The summed E-state index contributed by atoms with van der Waals surface area (Å²) >= 11 is 0. The first kappa shape index (κ1) is 17.7. The highest BCUT2D eigenvalue weighted by atomic mass is 16.5. The number of hydrogen-bond donors (Lipinski definition) is 1. The third kappa shape index (κ3) is 4.23. The van der Waals surface area contributed by atoms with Crippen molar-refractivity contribution in [2.45, 2.75) is 51.7 Å². The predicted octanol–water partition coefficient (Wildman–Crippen LogP) is 1.75. The molecule has 23 heavy (non-hydrogen) atoms. The van der Waals surface area contributed by atoms with Crippen molar-refractivity contribution in [3.05, 3.63) is 11.5 Å². The fourth-order valence-corrected chi connectivity index (χ4v) is 2.61. The number of piperidine rings is 1. The Labute approximate surface area is 137 Å². The molecule has 0 spiro atoms. The largest absolute Gasteiger partial charge is 0.461 e. The maximum absolute atomic E-state index is 12.2. The van der Waals surface area contributed by atoms with Gasteiger partial charge in [0, 0.05) is 26.1 Å². The molecule has 0 unspecified atom stereocenters. The van der Waals surface area contributed by atoms with E-state index in [4.69, 9.17) is 19.6 Å². The Morgan fingerprint density at radius 2 is 2.26 bits per heavy atom. The summed E-state index contributed by atoms with van der Waals surface area (Å²) in [5, 5.41) is 0. The van der Waals surface area contributed by atoms with Crippen LogP contribution in [0.4, 0.5) is 6.01 Å². The third-order valence-corrected chi connectivity index (χ3v) is 4.12. The minimum Gasteiger partial charge on any atom is -0.461 e. The molecule has 0 saturated carbocycles. The van der Waals surface area contributed by atoms with Crippen molar-refractivity contribution in [3.63, 3.8) is 0 Å². The molecule has 1 aromatic heterocycles. The molecule has 2 rings (SSSR count). The number of rotatable bonds is 7. The Morgan fingerprint density at radius 1 is 1.48 bits per heavy atom. The number of anilines is 1. The van der Waals surface area contributed by atoms with Gasteiger partial charge >= 0.3 is 5.97 Å². The fraction of sp³-hybridized carbons (Fsp3) is 0.750. The van der Waals surface area contributed by atoms with Crippen LogP contribution in [0.3, 0.4) is 0 Å². The maximum atomic E-state index is 12.2. The number of aryl methyl sites for hydroxylation is 1. The van der Waals surface area contributed by atoms with Gasteiger partial charge in [0.1, 0.15) is 5.76 Å². The molecule has 2 N–H and O–H groups in total. The minimum atomic E-state index is -0.415. The molecule has 0 aliphatic carbocycles. The van der Waals surface area contributed by atoms with E-state index in [1.165, 1.54) is 0 Å². The Hall–Kier alpha value is -1.60. The Kier molecular flexibility index (Phi) is 6.41. The summed E-state index contributed by atoms with van der Waals surface area (Å²) in [4.78, 5) is 18.5. The number of methoxy groups -OCH3 is 1. The van der Waals surface area contributed by atoms with Gasteiger partial charge < -0.3 is 24.5 Å². The number of oxazole rings is 1. The number of aromatic nitrogens is 1. The van der Waals surface area contributed by atoms with Gasteiger partial charge in [0.2, 0.25) is 0 Å². The van der Waals surface area contributed by atoms with Crippen LogP contribution in [0.2, 0.25) is 0 Å². The topological polar surface area (TPSA) is 90.8 Å². The molecule has 0 bridgehead atoms. The monoisotopic (exact) mass is 325 g/mol. The Balaban J connectivity index is 2.10. The van der Waals surface area contributed by atoms with E-state index >= 15 is 0 Å². The smallest absolute Gasteiger partial charge is 0.360 e. The molecule has 1 fully saturated rings. The van der Waals surface area contributed by atoms with Crippen molar-refractivity contribution in [1.82, 2.24) is 4.98 Å². The van der Waals surface area contributed by atoms with Crippen LogP contribution < -0.4 is 10.6 Å². The van der Waals surface area contributed by atoms with E-state index in [-0.39, 0.29) is 17.8 Å². The maximum Gasteiger partial charge on any atom is 0.360 e. The zero-order chi connectivity index (χ0) is 16.8. The van der Waals surface area contributed by atoms with E-state index in [9.17, 15) is 4.79 Å². The molecular weight excluding hydrogens is 298 g/mol. The summed E-state index contributed by atoms with van der Waals surface area (Å²) in [5.41, 5.74) is 6.31. The van der Waals surface area contributed by atoms with Gasteiger partial charge in [-0.3, -0.25) is 0 Å². The average Bonchev–Trinajstić information content (AvgIpc) is 3.00. The molecule has 130 valence electrons. The van der Waals surface area contributed by atoms with Gasteiger partial charge in [0.25, 0.3) is 6.01 Å². The molecule has 1 aromatic rings. The van der Waals surface area contributed by atoms with Crippen LogP contribution >= 0.6 is 0 Å². The summed E-state index contributed by atoms with van der Waals surface area (Å²) in [5.74, 6) is 0.146. The molecule has 2 heterocycles. The van der Waals surface area contributed by atoms with E-state index < -0.39 is 5.97 Å². The number of esters is 1. The van der Waals surface area contributed by atoms with Gasteiger partial charge in [0.05, 0.1) is 19.3 Å². The highest BCUT2D eigenvalue weighted by Crippen LogP contribution is 2.24. The van der Waals surface area contributed by atoms with Gasteiger partial charge in [0.15, 0.2) is 5.69 Å². The second-order valence-corrected chi connectivity index (χ2v) is 5.78. The summed E-state index contributed by atoms with van der Waals surface area (Å²) in [7, 11) is 1.65. The van der Waals surface area contributed by atoms with Crippen molar-refractivity contribution < 1.29 is 18.7 Å². The Morgan fingerprint density at radius 3 is 2.91 bits per heavy atom. The first-order chi connectivity index (χ1) is 11.1. The molecule has 0 amide bonds. The standard InChI is InChI=1S/C16H27N3O4/c1-4-6-9-22-15(20)14-12(5-2)23-16(18-14)19-8-7-11(17)13(10-19)21-3/h11,13H,4-10,17H2,1-3H3/t11-,13+/m1/s1. The SMILES string of the molecule is CCCCOC(=O)c1nc(N2CC[C@@H](N)[C@@H](OC)C2)oc1CC. The lowest BCUT2D eigenvalue weighted by Crippen LogP contribution is -2.51. The van der Waals surface area contributed by atoms with Crippen molar-refractivity contribution >= 4 is 12.0 Å². The predicted molar refractivity (Wildman–Crippen MR) is 86.7 cm³/mol. The van der Waals surface area contributed by atoms with Crippen molar-refractivity contribution in [2.24, 2.45) is 5.73 Å². The van der Waals surface area contributed by atoms with E-state index in [0.29, 0.717) is 31.3 Å². The third-order valence-electron chi connectivity index (χ3n) is 4.12. The first-order valence-corrected chi connectivity index (χ1v) is 8.30. The lowest BCUT2D eigenvalue weighted by Gasteiger charge is -2.34. The van der Waals surface area contributed by atoms with Crippen LogP contribution in [-0.2, 0) is 15.9 Å². The zero-order valence-corrected chi connectivity index (χ0v) is 14.2. The molecule has 0 aromatic carbocycles. The second-order valence-electron chi connectivity index (χ2n) is 5.78. The molecule has 0 radical (unpaired) electrons. The van der Waals surface area contributed by atoms with E-state index in [1.807, 2.05) is 18.7 Å². The molecule has 1 saturated heterocycles. The molecule has 7 nitrogen and oxygen atoms in total. The Bertz CT molecular complexity index is 517. The van der Waals surface area contributed by atoms with E-state index in [1.54, 1.807) is 7.11 Å². The average molecular weight is 325 g/mol. The van der Waals surface area contributed by atoms with Gasteiger partial charge in [-0.05, 0) is 12.8 Å². The minimum absolute atomic E-state index is 0.00957. The number of ether oxygens (including phenoxy) is 2. The molecule has 2 atom stereocenters. The summed E-state index contributed by atoms with van der Waals surface area (Å²) in [6.07, 6.45) is 3.13. The lowest BCUT2D eigenvalue weighted by atomic mass is 10.0. The van der Waals surface area contributed by atoms with Gasteiger partial charge in [-0.1, -0.05) is 20.3 Å².